The maximum absolute atomic E-state index is 11.5. The standard InChI is InChI=1S/C13H18N4O2/c1-13(12(16)19)4-5-17(7-13)10-3-2-8(14)6-9(10)11(15)18/h2-3,6H,4-5,7,14H2,1H3,(H2,15,18)(H2,16,19). The van der Waals surface area contributed by atoms with Gasteiger partial charge >= 0.3 is 0 Å². The van der Waals surface area contributed by atoms with Crippen LogP contribution in [0.3, 0.4) is 0 Å². The van der Waals surface area contributed by atoms with E-state index in [1.54, 1.807) is 18.2 Å². The second kappa shape index (κ2) is 4.46. The summed E-state index contributed by atoms with van der Waals surface area (Å²) >= 11 is 0. The Kier molecular flexibility index (Phi) is 3.09. The molecule has 0 radical (unpaired) electrons. The van der Waals surface area contributed by atoms with Crippen molar-refractivity contribution >= 4 is 23.2 Å². The Hall–Kier alpha value is -2.24. The van der Waals surface area contributed by atoms with Gasteiger partial charge in [0.2, 0.25) is 5.91 Å². The van der Waals surface area contributed by atoms with Gasteiger partial charge < -0.3 is 22.1 Å². The number of carbonyl (C=O) groups is 2. The number of rotatable bonds is 3. The van der Waals surface area contributed by atoms with Gasteiger partial charge in [0, 0.05) is 24.5 Å². The Bertz CT molecular complexity index is 543. The molecule has 0 saturated carbocycles. The molecule has 6 N–H and O–H groups in total. The number of benzene rings is 1. The lowest BCUT2D eigenvalue weighted by atomic mass is 9.89. The predicted octanol–water partition coefficient (Wildman–Crippen LogP) is 0.0694. The number of hydrogen-bond acceptors (Lipinski definition) is 4. The van der Waals surface area contributed by atoms with Crippen LogP contribution in [0.1, 0.15) is 23.7 Å². The zero-order chi connectivity index (χ0) is 14.2. The minimum absolute atomic E-state index is 0.328. The van der Waals surface area contributed by atoms with Crippen LogP contribution < -0.4 is 22.1 Å². The minimum atomic E-state index is -0.573. The zero-order valence-corrected chi connectivity index (χ0v) is 10.8. The smallest absolute Gasteiger partial charge is 0.250 e. The number of hydrogen-bond donors (Lipinski definition) is 3. The molecule has 2 rings (SSSR count). The maximum Gasteiger partial charge on any atom is 0.250 e. The molecule has 6 nitrogen and oxygen atoms in total. The number of nitrogens with zero attached hydrogens (tertiary/aromatic N) is 1. The van der Waals surface area contributed by atoms with Gasteiger partial charge in [0.05, 0.1) is 11.0 Å². The van der Waals surface area contributed by atoms with Crippen molar-refractivity contribution in [3.8, 4) is 0 Å². The third-order valence-corrected chi connectivity index (χ3v) is 3.69. The Morgan fingerprint density at radius 3 is 2.53 bits per heavy atom. The molecule has 1 heterocycles. The second-order valence-electron chi connectivity index (χ2n) is 5.24. The molecule has 0 bridgehead atoms. The predicted molar refractivity (Wildman–Crippen MR) is 73.5 cm³/mol. The molecule has 1 aliphatic rings. The Morgan fingerprint density at radius 1 is 1.32 bits per heavy atom. The number of carbonyl (C=O) groups excluding carboxylic acids is 2. The molecule has 0 aliphatic carbocycles. The first-order chi connectivity index (χ1) is 8.83. The summed E-state index contributed by atoms with van der Waals surface area (Å²) in [6.45, 7) is 2.97. The normalized spacial score (nSPS) is 22.5. The summed E-state index contributed by atoms with van der Waals surface area (Å²) in [5.41, 5.74) is 17.4. The molecule has 1 unspecified atom stereocenters. The highest BCUT2D eigenvalue weighted by molar-refractivity contribution is 6.00. The van der Waals surface area contributed by atoms with E-state index < -0.39 is 11.3 Å². The van der Waals surface area contributed by atoms with Gasteiger partial charge in [-0.05, 0) is 31.5 Å². The fourth-order valence-electron chi connectivity index (χ4n) is 2.39. The van der Waals surface area contributed by atoms with Crippen LogP contribution in [0.25, 0.3) is 0 Å². The van der Waals surface area contributed by atoms with Crippen LogP contribution in [-0.2, 0) is 4.79 Å². The minimum Gasteiger partial charge on any atom is -0.399 e. The summed E-state index contributed by atoms with van der Waals surface area (Å²) in [6, 6.07) is 5.02. The number of nitrogens with two attached hydrogens (primary N) is 3. The van der Waals surface area contributed by atoms with Crippen molar-refractivity contribution in [3.63, 3.8) is 0 Å². The summed E-state index contributed by atoms with van der Waals surface area (Å²) in [7, 11) is 0. The summed E-state index contributed by atoms with van der Waals surface area (Å²) in [6.07, 6.45) is 0.658. The number of anilines is 2. The van der Waals surface area contributed by atoms with Gasteiger partial charge in [-0.25, -0.2) is 0 Å². The fraction of sp³-hybridized carbons (Fsp3) is 0.385. The van der Waals surface area contributed by atoms with E-state index in [1.165, 1.54) is 0 Å². The first kappa shape index (κ1) is 13.2. The average molecular weight is 262 g/mol. The lowest BCUT2D eigenvalue weighted by Gasteiger charge is -2.24. The zero-order valence-electron chi connectivity index (χ0n) is 10.8. The van der Waals surface area contributed by atoms with E-state index in [4.69, 9.17) is 17.2 Å². The van der Waals surface area contributed by atoms with Gasteiger partial charge in [0.1, 0.15) is 0 Å². The molecular weight excluding hydrogens is 244 g/mol. The van der Waals surface area contributed by atoms with Crippen molar-refractivity contribution in [1.29, 1.82) is 0 Å². The Morgan fingerprint density at radius 2 is 2.00 bits per heavy atom. The number of nitrogen functional groups attached to an aromatic ring is 1. The van der Waals surface area contributed by atoms with Crippen LogP contribution in [0.2, 0.25) is 0 Å². The Balaban J connectivity index is 2.34. The average Bonchev–Trinajstić information content (AvgIpc) is 2.73. The van der Waals surface area contributed by atoms with E-state index in [0.29, 0.717) is 36.4 Å². The molecule has 19 heavy (non-hydrogen) atoms. The molecule has 1 saturated heterocycles. The SMILES string of the molecule is CC1(C(N)=O)CCN(c2ccc(N)cc2C(N)=O)C1. The molecule has 2 amide bonds. The molecule has 102 valence electrons. The van der Waals surface area contributed by atoms with E-state index in [9.17, 15) is 9.59 Å². The van der Waals surface area contributed by atoms with Gasteiger partial charge in [-0.1, -0.05) is 0 Å². The molecule has 0 aromatic heterocycles. The molecular formula is C13H18N4O2. The topological polar surface area (TPSA) is 115 Å². The van der Waals surface area contributed by atoms with Crippen LogP contribution in [0.15, 0.2) is 18.2 Å². The summed E-state index contributed by atoms with van der Waals surface area (Å²) in [4.78, 5) is 24.9. The van der Waals surface area contributed by atoms with Crippen molar-refractivity contribution in [2.75, 3.05) is 23.7 Å². The third kappa shape index (κ3) is 2.33. The van der Waals surface area contributed by atoms with Crippen molar-refractivity contribution < 1.29 is 9.59 Å². The number of amides is 2. The Labute approximate surface area is 111 Å². The number of primary amides is 2. The van der Waals surface area contributed by atoms with Crippen molar-refractivity contribution in [2.24, 2.45) is 16.9 Å². The quantitative estimate of drug-likeness (QED) is 0.668. The van der Waals surface area contributed by atoms with Gasteiger partial charge in [0.15, 0.2) is 0 Å². The largest absolute Gasteiger partial charge is 0.399 e. The molecule has 1 aliphatic heterocycles. The third-order valence-electron chi connectivity index (χ3n) is 3.69. The molecule has 1 fully saturated rings. The van der Waals surface area contributed by atoms with Gasteiger partial charge in [0.25, 0.3) is 5.91 Å². The van der Waals surface area contributed by atoms with Crippen molar-refractivity contribution in [1.82, 2.24) is 0 Å². The highest BCUT2D eigenvalue weighted by Crippen LogP contribution is 2.34. The van der Waals surface area contributed by atoms with Crippen molar-refractivity contribution in [2.45, 2.75) is 13.3 Å². The van der Waals surface area contributed by atoms with Crippen LogP contribution in [0.4, 0.5) is 11.4 Å². The van der Waals surface area contributed by atoms with E-state index in [0.717, 1.165) is 0 Å². The lowest BCUT2D eigenvalue weighted by Crippen LogP contribution is -2.37. The van der Waals surface area contributed by atoms with Gasteiger partial charge in [-0.15, -0.1) is 0 Å². The summed E-state index contributed by atoms with van der Waals surface area (Å²) in [5.74, 6) is -0.860. The van der Waals surface area contributed by atoms with E-state index in [1.807, 2.05) is 11.8 Å². The summed E-state index contributed by atoms with van der Waals surface area (Å²) < 4.78 is 0. The lowest BCUT2D eigenvalue weighted by molar-refractivity contribution is -0.125. The molecule has 6 heteroatoms. The molecule has 1 aromatic rings. The van der Waals surface area contributed by atoms with E-state index >= 15 is 0 Å². The van der Waals surface area contributed by atoms with Gasteiger partial charge in [-0.2, -0.15) is 0 Å². The second-order valence-corrected chi connectivity index (χ2v) is 5.24. The van der Waals surface area contributed by atoms with E-state index in [-0.39, 0.29) is 5.91 Å². The summed E-state index contributed by atoms with van der Waals surface area (Å²) in [5, 5.41) is 0. The fourth-order valence-corrected chi connectivity index (χ4v) is 2.39. The highest BCUT2D eigenvalue weighted by Gasteiger charge is 2.39. The van der Waals surface area contributed by atoms with Crippen LogP contribution in [0, 0.1) is 5.41 Å². The van der Waals surface area contributed by atoms with Gasteiger partial charge in [-0.3, -0.25) is 9.59 Å². The van der Waals surface area contributed by atoms with Crippen molar-refractivity contribution in [3.05, 3.63) is 23.8 Å². The van der Waals surface area contributed by atoms with Crippen LogP contribution in [0.5, 0.6) is 0 Å². The highest BCUT2D eigenvalue weighted by atomic mass is 16.1. The maximum atomic E-state index is 11.5. The molecule has 1 atom stereocenters. The first-order valence-corrected chi connectivity index (χ1v) is 6.08. The molecule has 1 aromatic carbocycles. The van der Waals surface area contributed by atoms with Crippen LogP contribution in [-0.4, -0.2) is 24.9 Å². The monoisotopic (exact) mass is 262 g/mol. The first-order valence-electron chi connectivity index (χ1n) is 6.08. The van der Waals surface area contributed by atoms with Crippen LogP contribution >= 0.6 is 0 Å². The molecule has 0 spiro atoms. The van der Waals surface area contributed by atoms with E-state index in [2.05, 4.69) is 0 Å².